The summed E-state index contributed by atoms with van der Waals surface area (Å²) in [4.78, 5) is 32.0. The van der Waals surface area contributed by atoms with Crippen LogP contribution < -0.4 is 5.32 Å². The van der Waals surface area contributed by atoms with Gasteiger partial charge in [-0.1, -0.05) is 61.2 Å². The molecule has 4 rings (SSSR count). The Labute approximate surface area is 219 Å². The van der Waals surface area contributed by atoms with Crippen LogP contribution in [0.2, 0.25) is 5.02 Å². The molecule has 0 unspecified atom stereocenters. The monoisotopic (exact) mass is 508 g/mol. The van der Waals surface area contributed by atoms with Crippen LogP contribution in [-0.2, 0) is 29.0 Å². The number of hydrogen-bond acceptors (Lipinski definition) is 3. The normalized spacial score (nSPS) is 14.1. The summed E-state index contributed by atoms with van der Waals surface area (Å²) >= 11 is 6.15. The van der Waals surface area contributed by atoms with Crippen molar-refractivity contribution in [1.82, 2.24) is 19.8 Å². The van der Waals surface area contributed by atoms with Crippen LogP contribution in [0.1, 0.15) is 62.8 Å². The topological polar surface area (TPSA) is 67.2 Å². The largest absolute Gasteiger partial charge is 0.356 e. The second-order valence-corrected chi connectivity index (χ2v) is 10.0. The SMILES string of the molecule is O=C(Cc1ccccc1Cl)NCCCCCc1nc2ccccc2n1CCC(=O)N1CCCCCC1. The van der Waals surface area contributed by atoms with Crippen LogP contribution in [0, 0.1) is 0 Å². The molecule has 1 aliphatic heterocycles. The summed E-state index contributed by atoms with van der Waals surface area (Å²) < 4.78 is 2.23. The van der Waals surface area contributed by atoms with E-state index < -0.39 is 0 Å². The number of nitrogens with one attached hydrogen (secondary N) is 1. The molecule has 2 amide bonds. The molecule has 0 spiro atoms. The molecule has 1 N–H and O–H groups in total. The maximum Gasteiger partial charge on any atom is 0.224 e. The lowest BCUT2D eigenvalue weighted by atomic mass is 10.1. The summed E-state index contributed by atoms with van der Waals surface area (Å²) in [6.45, 7) is 3.11. The van der Waals surface area contributed by atoms with E-state index in [4.69, 9.17) is 16.6 Å². The van der Waals surface area contributed by atoms with Gasteiger partial charge in [0.15, 0.2) is 0 Å². The highest BCUT2D eigenvalue weighted by Gasteiger charge is 2.17. The number of imidazole rings is 1. The first kappa shape index (κ1) is 26.2. The van der Waals surface area contributed by atoms with Gasteiger partial charge in [-0.15, -0.1) is 0 Å². The van der Waals surface area contributed by atoms with Gasteiger partial charge in [-0.25, -0.2) is 4.98 Å². The molecule has 36 heavy (non-hydrogen) atoms. The lowest BCUT2D eigenvalue weighted by molar-refractivity contribution is -0.131. The highest BCUT2D eigenvalue weighted by atomic mass is 35.5. The van der Waals surface area contributed by atoms with E-state index in [9.17, 15) is 9.59 Å². The molecular weight excluding hydrogens is 472 g/mol. The molecule has 7 heteroatoms. The summed E-state index contributed by atoms with van der Waals surface area (Å²) in [6, 6.07) is 15.6. The van der Waals surface area contributed by atoms with Crippen molar-refractivity contribution in [2.45, 2.75) is 70.8 Å². The number of amides is 2. The van der Waals surface area contributed by atoms with Crippen molar-refractivity contribution in [2.75, 3.05) is 19.6 Å². The summed E-state index contributed by atoms with van der Waals surface area (Å²) in [5.74, 6) is 1.30. The third-order valence-corrected chi connectivity index (χ3v) is 7.32. The minimum absolute atomic E-state index is 0.000955. The number of para-hydroxylation sites is 2. The van der Waals surface area contributed by atoms with Crippen LogP contribution in [-0.4, -0.2) is 45.9 Å². The molecule has 3 aromatic rings. The van der Waals surface area contributed by atoms with E-state index >= 15 is 0 Å². The average molecular weight is 509 g/mol. The van der Waals surface area contributed by atoms with E-state index in [-0.39, 0.29) is 11.8 Å². The van der Waals surface area contributed by atoms with Gasteiger partial charge >= 0.3 is 0 Å². The molecule has 0 atom stereocenters. The summed E-state index contributed by atoms with van der Waals surface area (Å²) in [5.41, 5.74) is 2.94. The minimum atomic E-state index is -0.000955. The lowest BCUT2D eigenvalue weighted by Gasteiger charge is -2.20. The fraction of sp³-hybridized carbons (Fsp3) is 0.483. The second-order valence-electron chi connectivity index (χ2n) is 9.64. The molecule has 2 aromatic carbocycles. The zero-order chi connectivity index (χ0) is 25.2. The summed E-state index contributed by atoms with van der Waals surface area (Å²) in [6.07, 6.45) is 9.28. The Kier molecular flexibility index (Phi) is 9.79. The van der Waals surface area contributed by atoms with Crippen molar-refractivity contribution in [3.63, 3.8) is 0 Å². The first-order chi connectivity index (χ1) is 17.6. The van der Waals surface area contributed by atoms with E-state index in [0.717, 1.165) is 74.0 Å². The van der Waals surface area contributed by atoms with Crippen molar-refractivity contribution in [2.24, 2.45) is 0 Å². The number of hydrogen-bond donors (Lipinski definition) is 1. The molecule has 6 nitrogen and oxygen atoms in total. The molecule has 1 saturated heterocycles. The Bertz CT molecular complexity index is 1150. The fourth-order valence-corrected chi connectivity index (χ4v) is 5.14. The second kappa shape index (κ2) is 13.4. The van der Waals surface area contributed by atoms with Gasteiger partial charge in [0.2, 0.25) is 11.8 Å². The van der Waals surface area contributed by atoms with Gasteiger partial charge in [0.05, 0.1) is 17.5 Å². The number of likely N-dealkylation sites (tertiary alicyclic amines) is 1. The highest BCUT2D eigenvalue weighted by molar-refractivity contribution is 6.31. The predicted molar refractivity (Wildman–Crippen MR) is 145 cm³/mol. The molecule has 1 aliphatic rings. The molecule has 1 aromatic heterocycles. The van der Waals surface area contributed by atoms with Gasteiger partial charge in [-0.3, -0.25) is 9.59 Å². The number of halogens is 1. The standard InChI is InChI=1S/C29H37ClN4O2/c30-24-13-6-5-12-23(24)22-28(35)31-18-9-3-4-16-27-32-25-14-7-8-15-26(25)34(27)21-17-29(36)33-19-10-1-2-11-20-33/h5-8,12-15H,1-4,9-11,16-22H2,(H,31,35). The summed E-state index contributed by atoms with van der Waals surface area (Å²) in [7, 11) is 0. The van der Waals surface area contributed by atoms with Crippen molar-refractivity contribution < 1.29 is 9.59 Å². The molecule has 2 heterocycles. The number of unbranched alkanes of at least 4 members (excludes halogenated alkanes) is 2. The van der Waals surface area contributed by atoms with Crippen LogP contribution in [0.15, 0.2) is 48.5 Å². The van der Waals surface area contributed by atoms with Gasteiger partial charge in [0.25, 0.3) is 0 Å². The van der Waals surface area contributed by atoms with E-state index in [1.165, 1.54) is 12.8 Å². The third-order valence-electron chi connectivity index (χ3n) is 6.95. The van der Waals surface area contributed by atoms with Crippen LogP contribution >= 0.6 is 11.6 Å². The molecule has 0 aliphatic carbocycles. The smallest absolute Gasteiger partial charge is 0.224 e. The van der Waals surface area contributed by atoms with Gasteiger partial charge in [0, 0.05) is 44.0 Å². The Morgan fingerprint density at radius 1 is 0.917 bits per heavy atom. The van der Waals surface area contributed by atoms with E-state index in [1.54, 1.807) is 0 Å². The van der Waals surface area contributed by atoms with Crippen LogP contribution in [0.25, 0.3) is 11.0 Å². The molecule has 0 bridgehead atoms. The van der Waals surface area contributed by atoms with Crippen LogP contribution in [0.4, 0.5) is 0 Å². The number of benzene rings is 2. The Morgan fingerprint density at radius 2 is 1.67 bits per heavy atom. The van der Waals surface area contributed by atoms with Gasteiger partial charge in [-0.2, -0.15) is 0 Å². The van der Waals surface area contributed by atoms with E-state index in [0.29, 0.717) is 31.0 Å². The Morgan fingerprint density at radius 3 is 2.47 bits per heavy atom. The van der Waals surface area contributed by atoms with Crippen molar-refractivity contribution in [3.05, 3.63) is 64.9 Å². The number of nitrogens with zero attached hydrogens (tertiary/aromatic N) is 3. The zero-order valence-electron chi connectivity index (χ0n) is 21.1. The summed E-state index contributed by atoms with van der Waals surface area (Å²) in [5, 5.41) is 3.63. The van der Waals surface area contributed by atoms with Crippen LogP contribution in [0.3, 0.4) is 0 Å². The quantitative estimate of drug-likeness (QED) is 0.345. The van der Waals surface area contributed by atoms with Gasteiger partial charge in [-0.05, 0) is 49.4 Å². The van der Waals surface area contributed by atoms with Gasteiger partial charge in [0.1, 0.15) is 5.82 Å². The first-order valence-corrected chi connectivity index (χ1v) is 13.7. The Hall–Kier alpha value is -2.86. The van der Waals surface area contributed by atoms with Crippen molar-refractivity contribution >= 4 is 34.4 Å². The molecule has 0 radical (unpaired) electrons. The fourth-order valence-electron chi connectivity index (χ4n) is 4.94. The van der Waals surface area contributed by atoms with Crippen LogP contribution in [0.5, 0.6) is 0 Å². The Balaban J connectivity index is 1.24. The number of carbonyl (C=O) groups is 2. The number of aromatic nitrogens is 2. The van der Waals surface area contributed by atoms with E-state index in [2.05, 4.69) is 16.0 Å². The molecule has 1 fully saturated rings. The number of carbonyl (C=O) groups excluding carboxylic acids is 2. The minimum Gasteiger partial charge on any atom is -0.356 e. The maximum atomic E-state index is 12.9. The average Bonchev–Trinajstić information content (AvgIpc) is 3.03. The molecule has 192 valence electrons. The molecular formula is C29H37ClN4O2. The highest BCUT2D eigenvalue weighted by Crippen LogP contribution is 2.20. The maximum absolute atomic E-state index is 12.9. The molecule has 0 saturated carbocycles. The number of aryl methyl sites for hydroxylation is 2. The lowest BCUT2D eigenvalue weighted by Crippen LogP contribution is -2.32. The van der Waals surface area contributed by atoms with Gasteiger partial charge < -0.3 is 14.8 Å². The van der Waals surface area contributed by atoms with E-state index in [1.807, 2.05) is 47.4 Å². The predicted octanol–water partition coefficient (Wildman–Crippen LogP) is 5.55. The third kappa shape index (κ3) is 7.33. The van der Waals surface area contributed by atoms with Crippen molar-refractivity contribution in [3.8, 4) is 0 Å². The number of fused-ring (bicyclic) bond motifs is 1. The first-order valence-electron chi connectivity index (χ1n) is 13.3. The van der Waals surface area contributed by atoms with Crippen molar-refractivity contribution in [1.29, 1.82) is 0 Å². The zero-order valence-corrected chi connectivity index (χ0v) is 21.8. The number of rotatable bonds is 11.